The van der Waals surface area contributed by atoms with Crippen LogP contribution in [0.2, 0.25) is 0 Å². The highest BCUT2D eigenvalue weighted by molar-refractivity contribution is 7.86. The van der Waals surface area contributed by atoms with Crippen molar-refractivity contribution >= 4 is 10.2 Å². The van der Waals surface area contributed by atoms with Gasteiger partial charge >= 0.3 is 0 Å². The normalized spacial score (nSPS) is 30.8. The molecule has 0 aromatic carbocycles. The summed E-state index contributed by atoms with van der Waals surface area (Å²) >= 11 is 0. The van der Waals surface area contributed by atoms with Crippen LogP contribution in [0.15, 0.2) is 0 Å². The average molecular weight is 206 g/mol. The van der Waals surface area contributed by atoms with E-state index in [-0.39, 0.29) is 6.04 Å². The lowest BCUT2D eigenvalue weighted by atomic mass is 9.87. The van der Waals surface area contributed by atoms with Crippen molar-refractivity contribution in [2.45, 2.75) is 38.6 Å². The predicted octanol–water partition coefficient (Wildman–Crippen LogP) is 0.700. The Hall–Kier alpha value is -0.130. The first kappa shape index (κ1) is 10.9. The van der Waals surface area contributed by atoms with E-state index in [0.29, 0.717) is 0 Å². The molecule has 0 spiro atoms. The molecule has 0 saturated heterocycles. The van der Waals surface area contributed by atoms with Crippen molar-refractivity contribution in [2.75, 3.05) is 7.05 Å². The van der Waals surface area contributed by atoms with Crippen LogP contribution in [0.1, 0.15) is 32.6 Å². The number of hydrogen-bond acceptors (Lipinski definition) is 2. The largest absolute Gasteiger partial charge is 0.276 e. The third-order valence-corrected chi connectivity index (χ3v) is 4.00. The van der Waals surface area contributed by atoms with Crippen LogP contribution in [0.3, 0.4) is 0 Å². The Morgan fingerprint density at radius 3 is 2.08 bits per heavy atom. The second kappa shape index (κ2) is 3.94. The summed E-state index contributed by atoms with van der Waals surface area (Å²) in [6.45, 7) is 2.20. The zero-order valence-electron chi connectivity index (χ0n) is 8.23. The second-order valence-electron chi connectivity index (χ2n) is 3.97. The highest BCUT2D eigenvalue weighted by Gasteiger charge is 2.26. The van der Waals surface area contributed by atoms with Gasteiger partial charge in [-0.3, -0.25) is 0 Å². The first-order chi connectivity index (χ1) is 5.91. The van der Waals surface area contributed by atoms with Gasteiger partial charge in [-0.15, -0.1) is 0 Å². The molecule has 0 unspecified atom stereocenters. The van der Waals surface area contributed by atoms with Gasteiger partial charge in [0.25, 0.3) is 10.2 Å². The summed E-state index contributed by atoms with van der Waals surface area (Å²) in [4.78, 5) is 0. The predicted molar refractivity (Wildman–Crippen MR) is 52.3 cm³/mol. The van der Waals surface area contributed by atoms with Crippen molar-refractivity contribution in [3.05, 3.63) is 0 Å². The van der Waals surface area contributed by atoms with Crippen LogP contribution in [-0.2, 0) is 10.2 Å². The molecule has 0 aromatic rings. The minimum atomic E-state index is -3.49. The van der Waals surface area contributed by atoms with E-state index >= 15 is 0 Å². The van der Waals surface area contributed by atoms with Gasteiger partial charge in [-0.05, 0) is 31.6 Å². The van der Waals surface area contributed by atoms with Gasteiger partial charge in [0.05, 0.1) is 0 Å². The number of rotatable bonds is 2. The highest BCUT2D eigenvalue weighted by Crippen LogP contribution is 2.26. The molecule has 0 bridgehead atoms. The lowest BCUT2D eigenvalue weighted by Gasteiger charge is -2.31. The summed E-state index contributed by atoms with van der Waals surface area (Å²) in [7, 11) is -1.92. The molecule has 2 N–H and O–H groups in total. The Morgan fingerprint density at radius 1 is 1.23 bits per heavy atom. The summed E-state index contributed by atoms with van der Waals surface area (Å²) in [6.07, 6.45) is 4.08. The molecule has 4 nitrogen and oxygen atoms in total. The van der Waals surface area contributed by atoms with E-state index < -0.39 is 10.2 Å². The lowest BCUT2D eigenvalue weighted by molar-refractivity contribution is 0.246. The van der Waals surface area contributed by atoms with E-state index in [1.165, 1.54) is 4.31 Å². The topological polar surface area (TPSA) is 63.4 Å². The molecule has 1 rings (SSSR count). The maximum atomic E-state index is 11.0. The molecule has 1 aliphatic carbocycles. The molecule has 0 atom stereocenters. The van der Waals surface area contributed by atoms with Crippen molar-refractivity contribution < 1.29 is 8.42 Å². The molecule has 0 aliphatic heterocycles. The molecule has 1 fully saturated rings. The van der Waals surface area contributed by atoms with E-state index in [4.69, 9.17) is 5.14 Å². The second-order valence-corrected chi connectivity index (χ2v) is 5.58. The van der Waals surface area contributed by atoms with E-state index in [0.717, 1.165) is 31.6 Å². The maximum Gasteiger partial charge on any atom is 0.276 e. The average Bonchev–Trinajstić information content (AvgIpc) is 2.03. The van der Waals surface area contributed by atoms with Gasteiger partial charge in [0.2, 0.25) is 0 Å². The molecule has 0 aromatic heterocycles. The van der Waals surface area contributed by atoms with Crippen LogP contribution in [0.25, 0.3) is 0 Å². The Labute approximate surface area is 80.3 Å². The van der Waals surface area contributed by atoms with Gasteiger partial charge in [-0.1, -0.05) is 6.92 Å². The van der Waals surface area contributed by atoms with Crippen molar-refractivity contribution in [3.8, 4) is 0 Å². The summed E-state index contributed by atoms with van der Waals surface area (Å²) in [5.41, 5.74) is 0. The van der Waals surface area contributed by atoms with Crippen molar-refractivity contribution in [1.82, 2.24) is 4.31 Å². The third kappa shape index (κ3) is 2.93. The molecule has 13 heavy (non-hydrogen) atoms. The van der Waals surface area contributed by atoms with Crippen LogP contribution < -0.4 is 5.14 Å². The first-order valence-corrected chi connectivity index (χ1v) is 6.17. The monoisotopic (exact) mass is 206 g/mol. The molecule has 1 saturated carbocycles. The fraction of sp³-hybridized carbons (Fsp3) is 1.00. The fourth-order valence-electron chi connectivity index (χ4n) is 1.81. The SMILES string of the molecule is CC1CCC(N(C)S(N)(=O)=O)CC1. The number of nitrogens with two attached hydrogens (primary N) is 1. The summed E-state index contributed by atoms with van der Waals surface area (Å²) in [6, 6.07) is 0.117. The van der Waals surface area contributed by atoms with Crippen LogP contribution >= 0.6 is 0 Å². The van der Waals surface area contributed by atoms with Crippen LogP contribution in [0, 0.1) is 5.92 Å². The molecule has 0 radical (unpaired) electrons. The van der Waals surface area contributed by atoms with E-state index in [1.54, 1.807) is 7.05 Å². The maximum absolute atomic E-state index is 11.0. The third-order valence-electron chi connectivity index (χ3n) is 2.90. The molecule has 1 aliphatic rings. The number of nitrogens with zero attached hydrogens (tertiary/aromatic N) is 1. The molecule has 0 heterocycles. The Bertz CT molecular complexity index is 255. The zero-order valence-corrected chi connectivity index (χ0v) is 9.05. The van der Waals surface area contributed by atoms with Gasteiger partial charge in [0.1, 0.15) is 0 Å². The smallest absolute Gasteiger partial charge is 0.216 e. The van der Waals surface area contributed by atoms with Gasteiger partial charge < -0.3 is 0 Å². The first-order valence-electron chi connectivity index (χ1n) is 4.67. The quantitative estimate of drug-likeness (QED) is 0.723. The minimum Gasteiger partial charge on any atom is -0.216 e. The van der Waals surface area contributed by atoms with Crippen molar-refractivity contribution in [2.24, 2.45) is 11.1 Å². The van der Waals surface area contributed by atoms with E-state index in [1.807, 2.05) is 0 Å². The van der Waals surface area contributed by atoms with Crippen molar-refractivity contribution in [3.63, 3.8) is 0 Å². The van der Waals surface area contributed by atoms with E-state index in [9.17, 15) is 8.42 Å². The zero-order chi connectivity index (χ0) is 10.1. The fourth-order valence-corrected chi connectivity index (χ4v) is 2.44. The van der Waals surface area contributed by atoms with Gasteiger partial charge in [0.15, 0.2) is 0 Å². The summed E-state index contributed by atoms with van der Waals surface area (Å²) < 4.78 is 23.3. The highest BCUT2D eigenvalue weighted by atomic mass is 32.2. The molecule has 78 valence electrons. The molecule has 0 amide bonds. The van der Waals surface area contributed by atoms with Crippen LogP contribution in [-0.4, -0.2) is 25.8 Å². The Morgan fingerprint density at radius 2 is 1.69 bits per heavy atom. The van der Waals surface area contributed by atoms with Crippen LogP contribution in [0.5, 0.6) is 0 Å². The molecule has 5 heteroatoms. The Kier molecular flexibility index (Phi) is 3.32. The molecular formula is C8H18N2O2S. The van der Waals surface area contributed by atoms with Crippen LogP contribution in [0.4, 0.5) is 0 Å². The Balaban J connectivity index is 2.55. The minimum absolute atomic E-state index is 0.117. The van der Waals surface area contributed by atoms with Gasteiger partial charge in [-0.25, -0.2) is 5.14 Å². The van der Waals surface area contributed by atoms with E-state index in [2.05, 4.69) is 6.92 Å². The number of hydrogen-bond donors (Lipinski definition) is 1. The summed E-state index contributed by atoms with van der Waals surface area (Å²) in [5, 5.41) is 5.04. The lowest BCUT2D eigenvalue weighted by Crippen LogP contribution is -2.42. The molecular weight excluding hydrogens is 188 g/mol. The van der Waals surface area contributed by atoms with Gasteiger partial charge in [-0.2, -0.15) is 12.7 Å². The summed E-state index contributed by atoms with van der Waals surface area (Å²) in [5.74, 6) is 0.727. The van der Waals surface area contributed by atoms with Crippen molar-refractivity contribution in [1.29, 1.82) is 0 Å². The standard InChI is InChI=1S/C8H18N2O2S/c1-7-3-5-8(6-4-7)10(2)13(9,11)12/h7-8H,3-6H2,1-2H3,(H2,9,11,12). The van der Waals surface area contributed by atoms with Gasteiger partial charge in [0, 0.05) is 13.1 Å².